The summed E-state index contributed by atoms with van der Waals surface area (Å²) in [4.78, 5) is 7.18. The average Bonchev–Trinajstić information content (AvgIpc) is 3.62. The fourth-order valence-corrected chi connectivity index (χ4v) is 3.84. The van der Waals surface area contributed by atoms with E-state index >= 15 is 0 Å². The van der Waals surface area contributed by atoms with Crippen molar-refractivity contribution in [1.82, 2.24) is 15.5 Å². The topological polar surface area (TPSA) is 58.1 Å². The molecule has 1 saturated heterocycles. The van der Waals surface area contributed by atoms with E-state index in [1.165, 1.54) is 18.4 Å². The molecule has 0 amide bonds. The monoisotopic (exact) mass is 558 g/mol. The number of guanidine groups is 1. The Morgan fingerprint density at radius 3 is 2.53 bits per heavy atom. The highest BCUT2D eigenvalue weighted by atomic mass is 127. The molecule has 2 aliphatic rings. The molecule has 3 rings (SSSR count). The molecular formula is C25H43IN4O2. The van der Waals surface area contributed by atoms with E-state index in [2.05, 4.69) is 57.8 Å². The van der Waals surface area contributed by atoms with Crippen LogP contribution in [0.4, 0.5) is 0 Å². The minimum atomic E-state index is 0. The standard InChI is InChI=1S/C25H42N4O2.HI/c1-2-26-25(27-14-6-18-30-21-23-10-11-23)28-15-7-19-31-24-12-16-29(17-13-24)20-22-8-4-3-5-9-22;/h3-5,8-9,23-24H,2,6-7,10-21H2,1H3,(H2,26,27,28);1H. The van der Waals surface area contributed by atoms with Crippen LogP contribution >= 0.6 is 24.0 Å². The van der Waals surface area contributed by atoms with Crippen LogP contribution in [0.3, 0.4) is 0 Å². The molecule has 1 aliphatic carbocycles. The summed E-state index contributed by atoms with van der Waals surface area (Å²) in [6, 6.07) is 10.7. The van der Waals surface area contributed by atoms with Crippen molar-refractivity contribution in [2.24, 2.45) is 10.9 Å². The minimum Gasteiger partial charge on any atom is -0.381 e. The highest BCUT2D eigenvalue weighted by Gasteiger charge is 2.21. The van der Waals surface area contributed by atoms with Crippen LogP contribution in [0.5, 0.6) is 0 Å². The lowest BCUT2D eigenvalue weighted by Gasteiger charge is -2.32. The van der Waals surface area contributed by atoms with Crippen molar-refractivity contribution in [3.05, 3.63) is 35.9 Å². The Balaban J connectivity index is 0.00000363. The molecule has 0 atom stereocenters. The highest BCUT2D eigenvalue weighted by molar-refractivity contribution is 14.0. The van der Waals surface area contributed by atoms with E-state index in [1.54, 1.807) is 0 Å². The maximum atomic E-state index is 6.13. The van der Waals surface area contributed by atoms with E-state index < -0.39 is 0 Å². The summed E-state index contributed by atoms with van der Waals surface area (Å²) in [5.74, 6) is 1.74. The van der Waals surface area contributed by atoms with Gasteiger partial charge in [-0.2, -0.15) is 0 Å². The van der Waals surface area contributed by atoms with Gasteiger partial charge in [0.1, 0.15) is 0 Å². The first kappa shape index (κ1) is 27.3. The van der Waals surface area contributed by atoms with Gasteiger partial charge < -0.3 is 20.1 Å². The first-order chi connectivity index (χ1) is 15.3. The van der Waals surface area contributed by atoms with Gasteiger partial charge in [-0.15, -0.1) is 24.0 Å². The molecule has 6 nitrogen and oxygen atoms in total. The normalized spacial score (nSPS) is 17.7. The van der Waals surface area contributed by atoms with Crippen LogP contribution in [0.1, 0.15) is 51.0 Å². The van der Waals surface area contributed by atoms with E-state index in [0.717, 1.165) is 96.6 Å². The first-order valence-corrected chi connectivity index (χ1v) is 12.3. The molecule has 32 heavy (non-hydrogen) atoms. The molecule has 0 spiro atoms. The predicted molar refractivity (Wildman–Crippen MR) is 143 cm³/mol. The van der Waals surface area contributed by atoms with E-state index in [9.17, 15) is 0 Å². The van der Waals surface area contributed by atoms with Gasteiger partial charge in [-0.25, -0.2) is 0 Å². The molecule has 2 N–H and O–H groups in total. The quantitative estimate of drug-likeness (QED) is 0.156. The third-order valence-corrected chi connectivity index (χ3v) is 5.86. The second kappa shape index (κ2) is 16.7. The summed E-state index contributed by atoms with van der Waals surface area (Å²) in [6.07, 6.45) is 7.35. The smallest absolute Gasteiger partial charge is 0.191 e. The summed E-state index contributed by atoms with van der Waals surface area (Å²) in [5.41, 5.74) is 1.40. The van der Waals surface area contributed by atoms with Crippen molar-refractivity contribution < 1.29 is 9.47 Å². The van der Waals surface area contributed by atoms with Gasteiger partial charge in [0.05, 0.1) is 6.10 Å². The zero-order valence-electron chi connectivity index (χ0n) is 19.8. The highest BCUT2D eigenvalue weighted by Crippen LogP contribution is 2.28. The van der Waals surface area contributed by atoms with Crippen molar-refractivity contribution in [3.8, 4) is 0 Å². The molecule has 182 valence electrons. The lowest BCUT2D eigenvalue weighted by molar-refractivity contribution is 0.00534. The fourth-order valence-electron chi connectivity index (χ4n) is 3.84. The maximum absolute atomic E-state index is 6.13. The number of nitrogens with zero attached hydrogens (tertiary/aromatic N) is 2. The second-order valence-corrected chi connectivity index (χ2v) is 8.74. The Hall–Kier alpha value is -0.900. The molecule has 2 fully saturated rings. The van der Waals surface area contributed by atoms with Crippen molar-refractivity contribution in [2.75, 3.05) is 52.5 Å². The number of aliphatic imine (C=N–C) groups is 1. The Morgan fingerprint density at radius 2 is 1.81 bits per heavy atom. The molecule has 0 unspecified atom stereocenters. The first-order valence-electron chi connectivity index (χ1n) is 12.3. The van der Waals surface area contributed by atoms with Gasteiger partial charge in [-0.1, -0.05) is 30.3 Å². The third-order valence-electron chi connectivity index (χ3n) is 5.86. The van der Waals surface area contributed by atoms with Crippen molar-refractivity contribution in [3.63, 3.8) is 0 Å². The van der Waals surface area contributed by atoms with Crippen molar-refractivity contribution in [2.45, 2.75) is 58.1 Å². The number of likely N-dealkylation sites (tertiary alicyclic amines) is 1. The number of halogens is 1. The van der Waals surface area contributed by atoms with E-state index in [0.29, 0.717) is 6.10 Å². The van der Waals surface area contributed by atoms with Gasteiger partial charge in [0.15, 0.2) is 5.96 Å². The lowest BCUT2D eigenvalue weighted by atomic mass is 10.1. The number of benzene rings is 1. The summed E-state index contributed by atoms with van der Waals surface area (Å²) in [7, 11) is 0. The molecule has 7 heteroatoms. The zero-order valence-corrected chi connectivity index (χ0v) is 22.1. The summed E-state index contributed by atoms with van der Waals surface area (Å²) in [6.45, 7) is 10.5. The summed E-state index contributed by atoms with van der Waals surface area (Å²) >= 11 is 0. The molecule has 0 bridgehead atoms. The Labute approximate surface area is 211 Å². The SMILES string of the molecule is CCNC(=NCCCOCC1CC1)NCCCOC1CCN(Cc2ccccc2)CC1.I. The maximum Gasteiger partial charge on any atom is 0.191 e. The van der Waals surface area contributed by atoms with E-state index in [4.69, 9.17) is 9.47 Å². The van der Waals surface area contributed by atoms with Crippen LogP contribution in [0.25, 0.3) is 0 Å². The van der Waals surface area contributed by atoms with Crippen LogP contribution in [0, 0.1) is 5.92 Å². The lowest BCUT2D eigenvalue weighted by Crippen LogP contribution is -2.39. The van der Waals surface area contributed by atoms with Crippen molar-refractivity contribution in [1.29, 1.82) is 0 Å². The average molecular weight is 559 g/mol. The number of hydrogen-bond donors (Lipinski definition) is 2. The largest absolute Gasteiger partial charge is 0.381 e. The van der Waals surface area contributed by atoms with Gasteiger partial charge in [-0.3, -0.25) is 9.89 Å². The summed E-state index contributed by atoms with van der Waals surface area (Å²) < 4.78 is 11.8. The molecule has 1 aromatic rings. The zero-order chi connectivity index (χ0) is 21.6. The molecule has 1 saturated carbocycles. The van der Waals surface area contributed by atoms with E-state index in [-0.39, 0.29) is 24.0 Å². The van der Waals surface area contributed by atoms with Crippen LogP contribution < -0.4 is 10.6 Å². The molecule has 0 radical (unpaired) electrons. The molecular weight excluding hydrogens is 515 g/mol. The minimum absolute atomic E-state index is 0. The van der Waals surface area contributed by atoms with Gasteiger partial charge in [-0.05, 0) is 56.9 Å². The van der Waals surface area contributed by atoms with Crippen LogP contribution in [-0.2, 0) is 16.0 Å². The van der Waals surface area contributed by atoms with Gasteiger partial charge in [0.2, 0.25) is 0 Å². The van der Waals surface area contributed by atoms with Crippen LogP contribution in [0.15, 0.2) is 35.3 Å². The number of ether oxygens (including phenoxy) is 2. The molecule has 0 aromatic heterocycles. The van der Waals surface area contributed by atoms with Crippen LogP contribution in [-0.4, -0.2) is 69.5 Å². The fraction of sp³-hybridized carbons (Fsp3) is 0.720. The van der Waals surface area contributed by atoms with Gasteiger partial charge in [0, 0.05) is 59.1 Å². The van der Waals surface area contributed by atoms with Crippen molar-refractivity contribution >= 4 is 29.9 Å². The molecule has 1 aliphatic heterocycles. The van der Waals surface area contributed by atoms with Gasteiger partial charge >= 0.3 is 0 Å². The number of nitrogens with one attached hydrogen (secondary N) is 2. The number of rotatable bonds is 14. The predicted octanol–water partition coefficient (Wildman–Crippen LogP) is 4.05. The second-order valence-electron chi connectivity index (χ2n) is 8.74. The van der Waals surface area contributed by atoms with E-state index in [1.807, 2.05) is 0 Å². The Morgan fingerprint density at radius 1 is 1.03 bits per heavy atom. The van der Waals surface area contributed by atoms with Gasteiger partial charge in [0.25, 0.3) is 0 Å². The Bertz CT molecular complexity index is 620. The molecule has 1 heterocycles. The van der Waals surface area contributed by atoms with Crippen LogP contribution in [0.2, 0.25) is 0 Å². The number of piperidine rings is 1. The Kier molecular flexibility index (Phi) is 14.2. The number of hydrogen-bond acceptors (Lipinski definition) is 4. The third kappa shape index (κ3) is 11.8. The molecule has 1 aromatic carbocycles. The summed E-state index contributed by atoms with van der Waals surface area (Å²) in [5, 5.41) is 6.74.